The van der Waals surface area contributed by atoms with Crippen molar-refractivity contribution >= 4 is 12.0 Å². The first-order valence-corrected chi connectivity index (χ1v) is 12.1. The second-order valence-corrected chi connectivity index (χ2v) is 9.47. The molecular formula is C24H31N7O4. The molecule has 2 fully saturated rings. The van der Waals surface area contributed by atoms with Gasteiger partial charge in [0.15, 0.2) is 0 Å². The van der Waals surface area contributed by atoms with Crippen LogP contribution >= 0.6 is 0 Å². The lowest BCUT2D eigenvalue weighted by Crippen LogP contribution is -2.55. The van der Waals surface area contributed by atoms with Gasteiger partial charge >= 0.3 is 12.0 Å². The number of ether oxygens (including phenoxy) is 1. The first kappa shape index (κ1) is 23.4. The van der Waals surface area contributed by atoms with E-state index in [1.54, 1.807) is 22.8 Å². The molecule has 0 aliphatic carbocycles. The molecule has 11 nitrogen and oxygen atoms in total. The van der Waals surface area contributed by atoms with E-state index in [0.717, 1.165) is 55.7 Å². The van der Waals surface area contributed by atoms with Gasteiger partial charge in [-0.3, -0.25) is 4.90 Å². The zero-order chi connectivity index (χ0) is 24.5. The molecular weight excluding hydrogens is 450 g/mol. The van der Waals surface area contributed by atoms with Crippen molar-refractivity contribution in [1.82, 2.24) is 34.9 Å². The van der Waals surface area contributed by atoms with Gasteiger partial charge in [-0.15, -0.1) is 5.10 Å². The number of β-amino-alcohol motifs (C(OH)–C–C–N with tert-alkyl or cyclic N) is 1. The molecule has 186 valence electrons. The number of tetrazole rings is 1. The Morgan fingerprint density at radius 2 is 1.94 bits per heavy atom. The first-order valence-electron chi connectivity index (χ1n) is 12.1. The van der Waals surface area contributed by atoms with Crippen LogP contribution in [0.3, 0.4) is 0 Å². The van der Waals surface area contributed by atoms with Gasteiger partial charge in [-0.2, -0.15) is 0 Å². The highest BCUT2D eigenvalue weighted by atomic mass is 16.5. The maximum atomic E-state index is 13.2. The van der Waals surface area contributed by atoms with Crippen LogP contribution in [0.5, 0.6) is 0 Å². The van der Waals surface area contributed by atoms with Gasteiger partial charge in [0.05, 0.1) is 23.1 Å². The van der Waals surface area contributed by atoms with E-state index in [-0.39, 0.29) is 24.6 Å². The molecule has 3 aliphatic rings. The number of cyclic esters (lactones) is 1. The maximum Gasteiger partial charge on any atom is 0.336 e. The Morgan fingerprint density at radius 1 is 1.14 bits per heavy atom. The average Bonchev–Trinajstić information content (AvgIpc) is 3.51. The summed E-state index contributed by atoms with van der Waals surface area (Å²) in [5.41, 5.74) is 3.96. The van der Waals surface area contributed by atoms with Gasteiger partial charge in [0.1, 0.15) is 12.9 Å². The van der Waals surface area contributed by atoms with Crippen LogP contribution in [-0.4, -0.2) is 97.4 Å². The summed E-state index contributed by atoms with van der Waals surface area (Å²) in [4.78, 5) is 31.0. The number of urea groups is 1. The lowest BCUT2D eigenvalue weighted by atomic mass is 9.99. The highest BCUT2D eigenvalue weighted by molar-refractivity contribution is 5.92. The molecule has 2 aromatic rings. The third kappa shape index (κ3) is 4.65. The number of likely N-dealkylation sites (tertiary alicyclic amines) is 1. The average molecular weight is 482 g/mol. The van der Waals surface area contributed by atoms with E-state index in [1.165, 1.54) is 0 Å². The minimum absolute atomic E-state index is 0.0271. The standard InChI is InChI=1S/C24H31N7O4/c1-16-12-19(31-15-25-26-27-31)4-5-20(16)22(32)13-28-10-6-18(7-11-28)29-8-3-9-30(24(29)34)21-14-35-23(33)17(21)2/h4-5,12,15,18,22,32H,3,6-11,13-14H2,1-2H3. The molecule has 35 heavy (non-hydrogen) atoms. The highest BCUT2D eigenvalue weighted by Crippen LogP contribution is 2.28. The van der Waals surface area contributed by atoms with Crippen LogP contribution in [0.2, 0.25) is 0 Å². The van der Waals surface area contributed by atoms with Gasteiger partial charge in [-0.05, 0) is 66.8 Å². The molecule has 4 heterocycles. The highest BCUT2D eigenvalue weighted by Gasteiger charge is 2.37. The van der Waals surface area contributed by atoms with E-state index in [2.05, 4.69) is 20.4 Å². The normalized spacial score (nSPS) is 21.1. The number of nitrogens with zero attached hydrogens (tertiary/aromatic N) is 7. The summed E-state index contributed by atoms with van der Waals surface area (Å²) in [6.07, 6.45) is 3.53. The quantitative estimate of drug-likeness (QED) is 0.616. The van der Waals surface area contributed by atoms with Gasteiger partial charge in [0, 0.05) is 38.8 Å². The maximum absolute atomic E-state index is 13.2. The summed E-state index contributed by atoms with van der Waals surface area (Å²) in [6, 6.07) is 5.94. The Hall–Kier alpha value is -3.31. The number of aryl methyl sites for hydroxylation is 1. The van der Waals surface area contributed by atoms with Crippen LogP contribution in [0.1, 0.15) is 43.4 Å². The second-order valence-electron chi connectivity index (χ2n) is 9.47. The molecule has 0 radical (unpaired) electrons. The second kappa shape index (κ2) is 9.74. The van der Waals surface area contributed by atoms with Crippen molar-refractivity contribution in [3.63, 3.8) is 0 Å². The van der Waals surface area contributed by atoms with Gasteiger partial charge in [0.2, 0.25) is 0 Å². The van der Waals surface area contributed by atoms with E-state index >= 15 is 0 Å². The van der Waals surface area contributed by atoms with Crippen molar-refractivity contribution in [2.24, 2.45) is 0 Å². The number of aromatic nitrogens is 4. The van der Waals surface area contributed by atoms with Crippen molar-refractivity contribution in [2.45, 2.75) is 45.3 Å². The predicted molar refractivity (Wildman–Crippen MR) is 125 cm³/mol. The number of piperidine rings is 1. The molecule has 1 aromatic heterocycles. The third-order valence-electron chi connectivity index (χ3n) is 7.32. The fraction of sp³-hybridized carbons (Fsp3) is 0.542. The smallest absolute Gasteiger partial charge is 0.336 e. The molecule has 2 saturated heterocycles. The molecule has 5 rings (SSSR count). The van der Waals surface area contributed by atoms with E-state index in [0.29, 0.717) is 24.4 Å². The summed E-state index contributed by atoms with van der Waals surface area (Å²) in [6.45, 7) is 7.41. The number of esters is 1. The third-order valence-corrected chi connectivity index (χ3v) is 7.32. The molecule has 1 atom stereocenters. The van der Waals surface area contributed by atoms with Crippen LogP contribution in [0, 0.1) is 6.92 Å². The van der Waals surface area contributed by atoms with E-state index in [1.807, 2.05) is 30.0 Å². The Labute approximate surface area is 203 Å². The summed E-state index contributed by atoms with van der Waals surface area (Å²) in [7, 11) is 0. The lowest BCUT2D eigenvalue weighted by Gasteiger charge is -2.43. The van der Waals surface area contributed by atoms with Gasteiger partial charge in [-0.25, -0.2) is 14.3 Å². The summed E-state index contributed by atoms with van der Waals surface area (Å²) in [5.74, 6) is -0.336. The fourth-order valence-corrected chi connectivity index (χ4v) is 5.30. The molecule has 2 amide bonds. The van der Waals surface area contributed by atoms with Crippen molar-refractivity contribution in [3.8, 4) is 5.69 Å². The molecule has 0 spiro atoms. The van der Waals surface area contributed by atoms with E-state index in [4.69, 9.17) is 4.74 Å². The number of aliphatic hydroxyl groups is 1. The number of rotatable bonds is 6. The number of carbonyl (C=O) groups is 2. The zero-order valence-corrected chi connectivity index (χ0v) is 20.1. The molecule has 1 unspecified atom stereocenters. The van der Waals surface area contributed by atoms with Crippen LogP contribution in [0.15, 0.2) is 35.8 Å². The van der Waals surface area contributed by atoms with Crippen LogP contribution in [0.25, 0.3) is 5.69 Å². The molecule has 1 aromatic carbocycles. The monoisotopic (exact) mass is 481 g/mol. The van der Waals surface area contributed by atoms with E-state index < -0.39 is 6.10 Å². The Morgan fingerprint density at radius 3 is 2.60 bits per heavy atom. The molecule has 1 N–H and O–H groups in total. The van der Waals surface area contributed by atoms with Crippen LogP contribution < -0.4 is 0 Å². The van der Waals surface area contributed by atoms with E-state index in [9.17, 15) is 14.7 Å². The Bertz CT molecular complexity index is 1120. The number of benzene rings is 1. The largest absolute Gasteiger partial charge is 0.456 e. The van der Waals surface area contributed by atoms with Crippen LogP contribution in [0.4, 0.5) is 4.79 Å². The predicted octanol–water partition coefficient (Wildman–Crippen LogP) is 1.43. The van der Waals surface area contributed by atoms with Gasteiger partial charge in [0.25, 0.3) is 0 Å². The SMILES string of the molecule is CC1=C(N2CCCN(C3CCN(CC(O)c4ccc(-n5cnnn5)cc4C)CC3)C2=O)COC1=O. The Kier molecular flexibility index (Phi) is 6.52. The number of carbonyl (C=O) groups excluding carboxylic acids is 2. The summed E-state index contributed by atoms with van der Waals surface area (Å²) >= 11 is 0. The Balaban J connectivity index is 1.17. The van der Waals surface area contributed by atoms with Crippen molar-refractivity contribution in [2.75, 3.05) is 39.3 Å². The lowest BCUT2D eigenvalue weighted by molar-refractivity contribution is -0.136. The van der Waals surface area contributed by atoms with Gasteiger partial charge in [-0.1, -0.05) is 6.07 Å². The minimum atomic E-state index is -0.601. The van der Waals surface area contributed by atoms with Crippen LogP contribution in [-0.2, 0) is 9.53 Å². The van der Waals surface area contributed by atoms with Gasteiger partial charge < -0.3 is 19.6 Å². The molecule has 11 heteroatoms. The molecule has 0 bridgehead atoms. The first-order chi connectivity index (χ1) is 16.9. The van der Waals surface area contributed by atoms with Crippen molar-refractivity contribution in [1.29, 1.82) is 0 Å². The number of hydrogen-bond acceptors (Lipinski definition) is 8. The number of amides is 2. The number of hydrogen-bond donors (Lipinski definition) is 1. The summed E-state index contributed by atoms with van der Waals surface area (Å²) in [5, 5.41) is 22.2. The topological polar surface area (TPSA) is 117 Å². The molecule has 3 aliphatic heterocycles. The van der Waals surface area contributed by atoms with Crippen molar-refractivity contribution < 1.29 is 19.4 Å². The molecule has 0 saturated carbocycles. The van der Waals surface area contributed by atoms with Crippen molar-refractivity contribution in [3.05, 3.63) is 46.9 Å². The number of aliphatic hydroxyl groups excluding tert-OH is 1. The fourth-order valence-electron chi connectivity index (χ4n) is 5.30. The minimum Gasteiger partial charge on any atom is -0.456 e. The summed E-state index contributed by atoms with van der Waals surface area (Å²) < 4.78 is 6.71. The zero-order valence-electron chi connectivity index (χ0n) is 20.1.